The maximum Gasteiger partial charge on any atom is 0.261 e. The fourth-order valence-electron chi connectivity index (χ4n) is 5.08. The first-order valence-electron chi connectivity index (χ1n) is 11.2. The Bertz CT molecular complexity index is 1100. The Morgan fingerprint density at radius 2 is 1.91 bits per heavy atom. The van der Waals surface area contributed by atoms with Gasteiger partial charge in [0.2, 0.25) is 0 Å². The van der Waals surface area contributed by atoms with E-state index in [-0.39, 0.29) is 23.1 Å². The van der Waals surface area contributed by atoms with Crippen molar-refractivity contribution in [3.05, 3.63) is 50.0 Å². The third kappa shape index (κ3) is 3.91. The predicted molar refractivity (Wildman–Crippen MR) is 139 cm³/mol. The average Bonchev–Trinajstić information content (AvgIpc) is 2.99. The lowest BCUT2D eigenvalue weighted by molar-refractivity contribution is 0.0974. The van der Waals surface area contributed by atoms with Gasteiger partial charge in [0.05, 0.1) is 52.0 Å². The van der Waals surface area contributed by atoms with E-state index in [1.165, 1.54) is 0 Å². The van der Waals surface area contributed by atoms with E-state index in [0.29, 0.717) is 33.7 Å². The fraction of sp³-hybridized carbons (Fsp3) is 0.524. The monoisotopic (exact) mass is 472 g/mol. The normalized spacial score (nSPS) is 23.1. The highest BCUT2D eigenvalue weighted by molar-refractivity contribution is 6.59. The molecule has 168 valence electrons. The van der Waals surface area contributed by atoms with Crippen LogP contribution in [0.5, 0.6) is 0 Å². The second-order valence-corrected chi connectivity index (χ2v) is 11.0. The minimum Gasteiger partial charge on any atom is -0.376 e. The molecular formula is C21H29B3Cl2N4O2. The molecule has 1 aromatic carbocycles. The molecule has 0 radical (unpaired) electrons. The first kappa shape index (κ1) is 23.7. The molecule has 11 heteroatoms. The Kier molecular flexibility index (Phi) is 6.25. The Morgan fingerprint density at radius 1 is 1.25 bits per heavy atom. The van der Waals surface area contributed by atoms with Crippen LogP contribution in [-0.2, 0) is 9.85 Å². The van der Waals surface area contributed by atoms with Crippen molar-refractivity contribution < 1.29 is 4.74 Å². The highest BCUT2D eigenvalue weighted by atomic mass is 35.5. The quantitative estimate of drug-likeness (QED) is 0.646. The molecule has 2 aliphatic rings. The van der Waals surface area contributed by atoms with Crippen LogP contribution in [-0.4, -0.2) is 64.9 Å². The number of benzene rings is 1. The number of hydrogen-bond acceptors (Lipinski definition) is 5. The lowest BCUT2D eigenvalue weighted by atomic mass is 9.40. The maximum atomic E-state index is 13.9. The van der Waals surface area contributed by atoms with Gasteiger partial charge in [-0.2, -0.15) is 0 Å². The minimum atomic E-state index is -0.406. The van der Waals surface area contributed by atoms with Crippen molar-refractivity contribution in [3.8, 4) is 5.69 Å². The van der Waals surface area contributed by atoms with Crippen LogP contribution in [0, 0.1) is 12.3 Å². The highest BCUT2D eigenvalue weighted by Crippen LogP contribution is 2.42. The van der Waals surface area contributed by atoms with E-state index in [0.717, 1.165) is 31.7 Å². The van der Waals surface area contributed by atoms with Gasteiger partial charge in [-0.05, 0) is 38.8 Å². The van der Waals surface area contributed by atoms with Gasteiger partial charge in [0.15, 0.2) is 0 Å². The van der Waals surface area contributed by atoms with E-state index in [1.807, 2.05) is 30.5 Å². The Labute approximate surface area is 202 Å². The summed E-state index contributed by atoms with van der Waals surface area (Å²) in [6.45, 7) is 6.18. The fourth-order valence-corrected chi connectivity index (χ4v) is 5.46. The van der Waals surface area contributed by atoms with Crippen LogP contribution in [0.15, 0.2) is 23.0 Å². The zero-order valence-corrected chi connectivity index (χ0v) is 20.9. The third-order valence-electron chi connectivity index (χ3n) is 7.06. The SMILES string of the molecule is BC(B)(B)c1c(N2CCC3(CC2)CO[C@@H](C)[C@H]3N)nc(C)n(-c2cccc(Cl)c2Cl)c1=O. The molecule has 3 heterocycles. The molecule has 2 atom stereocenters. The maximum absolute atomic E-state index is 13.9. The predicted octanol–water partition coefficient (Wildman–Crippen LogP) is 0.190. The number of halogens is 2. The van der Waals surface area contributed by atoms with Crippen LogP contribution in [0.2, 0.25) is 10.0 Å². The number of nitrogens with two attached hydrogens (primary N) is 1. The second kappa shape index (κ2) is 8.42. The summed E-state index contributed by atoms with van der Waals surface area (Å²) in [5, 5.41) is 0.344. The van der Waals surface area contributed by atoms with E-state index >= 15 is 0 Å². The number of anilines is 1. The van der Waals surface area contributed by atoms with Crippen molar-refractivity contribution in [2.45, 2.75) is 43.9 Å². The van der Waals surface area contributed by atoms with Crippen LogP contribution in [0.1, 0.15) is 31.2 Å². The molecule has 2 saturated heterocycles. The van der Waals surface area contributed by atoms with Gasteiger partial charge in [0.1, 0.15) is 11.6 Å². The largest absolute Gasteiger partial charge is 0.376 e. The van der Waals surface area contributed by atoms with E-state index in [4.69, 9.17) is 38.7 Å². The average molecular weight is 473 g/mol. The van der Waals surface area contributed by atoms with Crippen LogP contribution in [0.4, 0.5) is 5.82 Å². The number of aryl methyl sites for hydroxylation is 1. The van der Waals surface area contributed by atoms with Crippen molar-refractivity contribution in [3.63, 3.8) is 0 Å². The van der Waals surface area contributed by atoms with Crippen LogP contribution in [0.25, 0.3) is 5.69 Å². The molecule has 1 spiro atoms. The molecule has 0 saturated carbocycles. The molecule has 2 N–H and O–H groups in total. The molecule has 0 bridgehead atoms. The number of hydrogen-bond donors (Lipinski definition) is 1. The first-order valence-corrected chi connectivity index (χ1v) is 11.9. The van der Waals surface area contributed by atoms with Gasteiger partial charge in [-0.3, -0.25) is 9.36 Å². The number of rotatable bonds is 3. The molecule has 1 aromatic heterocycles. The summed E-state index contributed by atoms with van der Waals surface area (Å²) in [4.78, 5) is 21.0. The molecule has 0 aliphatic carbocycles. The van der Waals surface area contributed by atoms with E-state index in [2.05, 4.69) is 11.8 Å². The molecule has 6 nitrogen and oxygen atoms in total. The Balaban J connectivity index is 1.78. The molecule has 0 unspecified atom stereocenters. The topological polar surface area (TPSA) is 73.4 Å². The summed E-state index contributed by atoms with van der Waals surface area (Å²) in [6, 6.07) is 5.34. The highest BCUT2D eigenvalue weighted by Gasteiger charge is 2.48. The van der Waals surface area contributed by atoms with E-state index < -0.39 is 5.11 Å². The van der Waals surface area contributed by atoms with Crippen molar-refractivity contribution in [1.29, 1.82) is 0 Å². The zero-order chi connectivity index (χ0) is 23.4. The molecular weight excluding hydrogens is 444 g/mol. The summed E-state index contributed by atoms with van der Waals surface area (Å²) in [5.41, 5.74) is 7.62. The molecule has 0 amide bonds. The summed E-state index contributed by atoms with van der Waals surface area (Å²) < 4.78 is 7.44. The minimum absolute atomic E-state index is 0.0101. The van der Waals surface area contributed by atoms with Gasteiger partial charge in [-0.25, -0.2) is 4.98 Å². The lowest BCUT2D eigenvalue weighted by Crippen LogP contribution is -2.52. The van der Waals surface area contributed by atoms with Crippen LogP contribution >= 0.6 is 23.2 Å². The molecule has 32 heavy (non-hydrogen) atoms. The first-order chi connectivity index (χ1) is 15.0. The standard InChI is InChI=1S/C21H29B3Cl2N4O2/c1-11-17(27)20(10-32-11)6-8-29(9-7-20)18-15(21(22,23)24)19(31)30(12(2)28-18)14-5-3-4-13(25)16(14)26/h3-5,11,17H,6-10,22-24,27H2,1-2H3/t11-,17+/m0/s1. The second-order valence-electron chi connectivity index (χ2n) is 10.2. The van der Waals surface area contributed by atoms with Gasteiger partial charge in [0.25, 0.3) is 5.56 Å². The van der Waals surface area contributed by atoms with Gasteiger partial charge in [0, 0.05) is 30.1 Å². The van der Waals surface area contributed by atoms with Gasteiger partial charge < -0.3 is 15.4 Å². The molecule has 4 rings (SSSR count). The summed E-state index contributed by atoms with van der Waals surface area (Å²) in [7, 11) is 6.13. The number of ether oxygens (including phenoxy) is 1. The van der Waals surface area contributed by atoms with E-state index in [9.17, 15) is 4.79 Å². The Morgan fingerprint density at radius 3 is 2.47 bits per heavy atom. The summed E-state index contributed by atoms with van der Waals surface area (Å²) in [6.07, 6.45) is 1.93. The van der Waals surface area contributed by atoms with Crippen LogP contribution < -0.4 is 16.2 Å². The number of piperidine rings is 1. The molecule has 2 aromatic rings. The van der Waals surface area contributed by atoms with Crippen molar-refractivity contribution >= 4 is 52.6 Å². The number of nitrogens with zero attached hydrogens (tertiary/aromatic N) is 3. The number of aromatic nitrogens is 2. The Hall–Kier alpha value is -1.41. The van der Waals surface area contributed by atoms with Crippen molar-refractivity contribution in [2.75, 3.05) is 24.6 Å². The zero-order valence-electron chi connectivity index (χ0n) is 19.4. The lowest BCUT2D eigenvalue weighted by Gasteiger charge is -2.42. The summed E-state index contributed by atoms with van der Waals surface area (Å²) >= 11 is 12.7. The van der Waals surface area contributed by atoms with Gasteiger partial charge in [-0.15, -0.1) is 0 Å². The summed E-state index contributed by atoms with van der Waals surface area (Å²) in [5.74, 6) is 1.33. The molecule has 2 fully saturated rings. The van der Waals surface area contributed by atoms with Gasteiger partial charge in [-0.1, -0.05) is 34.4 Å². The van der Waals surface area contributed by atoms with E-state index in [1.54, 1.807) is 22.8 Å². The van der Waals surface area contributed by atoms with Crippen LogP contribution in [0.3, 0.4) is 0 Å². The third-order valence-corrected chi connectivity index (χ3v) is 7.87. The molecule has 2 aliphatic heterocycles. The van der Waals surface area contributed by atoms with Crippen molar-refractivity contribution in [2.24, 2.45) is 11.1 Å². The smallest absolute Gasteiger partial charge is 0.261 e. The van der Waals surface area contributed by atoms with Crippen molar-refractivity contribution in [1.82, 2.24) is 9.55 Å². The van der Waals surface area contributed by atoms with Gasteiger partial charge >= 0.3 is 0 Å².